The Kier molecular flexibility index (Phi) is 5.35. The van der Waals surface area contributed by atoms with Crippen LogP contribution in [-0.2, 0) is 9.59 Å². The first kappa shape index (κ1) is 14.5. The molecule has 1 rings (SSSR count). The maximum atomic E-state index is 11.5. The molecule has 0 aromatic heterocycles. The average molecular weight is 262 g/mol. The summed E-state index contributed by atoms with van der Waals surface area (Å²) < 4.78 is 5.21. The zero-order chi connectivity index (χ0) is 14.3. The van der Waals surface area contributed by atoms with E-state index in [0.29, 0.717) is 11.3 Å². The van der Waals surface area contributed by atoms with Crippen LogP contribution in [0.15, 0.2) is 24.3 Å². The van der Waals surface area contributed by atoms with Gasteiger partial charge in [-0.2, -0.15) is 5.26 Å². The fraction of sp³-hybridized carbons (Fsp3) is 0.308. The monoisotopic (exact) mass is 262 g/mol. The summed E-state index contributed by atoms with van der Waals surface area (Å²) in [4.78, 5) is 21.9. The highest BCUT2D eigenvalue weighted by Gasteiger charge is 2.12. The Labute approximate surface area is 110 Å². The standard InChI is InChI=1S/C13H14N2O4/c1-9(6-13(17)18)15-12(16)8-19-11-5-3-2-4-10(11)7-14/h2-5,9H,6,8H2,1H3,(H,15,16)(H,17,18). The van der Waals surface area contributed by atoms with E-state index in [1.54, 1.807) is 31.2 Å². The minimum Gasteiger partial charge on any atom is -0.482 e. The third kappa shape index (κ3) is 5.08. The Bertz CT molecular complexity index is 508. The number of nitrogens with zero attached hydrogens (tertiary/aromatic N) is 1. The van der Waals surface area contributed by atoms with E-state index in [-0.39, 0.29) is 13.0 Å². The van der Waals surface area contributed by atoms with Crippen molar-refractivity contribution < 1.29 is 19.4 Å². The number of amides is 1. The highest BCUT2D eigenvalue weighted by Crippen LogP contribution is 2.16. The van der Waals surface area contributed by atoms with Gasteiger partial charge in [0.2, 0.25) is 0 Å². The van der Waals surface area contributed by atoms with Gasteiger partial charge in [0.05, 0.1) is 12.0 Å². The van der Waals surface area contributed by atoms with E-state index >= 15 is 0 Å². The van der Waals surface area contributed by atoms with Crippen LogP contribution in [0.25, 0.3) is 0 Å². The van der Waals surface area contributed by atoms with E-state index in [1.807, 2.05) is 6.07 Å². The number of ether oxygens (including phenoxy) is 1. The molecular formula is C13H14N2O4. The van der Waals surface area contributed by atoms with Gasteiger partial charge in [-0.05, 0) is 19.1 Å². The van der Waals surface area contributed by atoms with Crippen LogP contribution in [0.1, 0.15) is 18.9 Å². The lowest BCUT2D eigenvalue weighted by atomic mass is 10.2. The van der Waals surface area contributed by atoms with Crippen molar-refractivity contribution in [2.24, 2.45) is 0 Å². The maximum absolute atomic E-state index is 11.5. The SMILES string of the molecule is CC(CC(=O)O)NC(=O)COc1ccccc1C#N. The van der Waals surface area contributed by atoms with Gasteiger partial charge >= 0.3 is 5.97 Å². The molecule has 0 aliphatic carbocycles. The number of benzene rings is 1. The van der Waals surface area contributed by atoms with Crippen molar-refractivity contribution in [1.29, 1.82) is 5.26 Å². The van der Waals surface area contributed by atoms with Gasteiger partial charge in [-0.25, -0.2) is 0 Å². The quantitative estimate of drug-likeness (QED) is 0.794. The van der Waals surface area contributed by atoms with E-state index in [1.165, 1.54) is 0 Å². The first-order valence-electron chi connectivity index (χ1n) is 5.66. The fourth-order valence-electron chi connectivity index (χ4n) is 1.46. The summed E-state index contributed by atoms with van der Waals surface area (Å²) in [7, 11) is 0. The summed E-state index contributed by atoms with van der Waals surface area (Å²) in [5.74, 6) is -1.09. The van der Waals surface area contributed by atoms with Crippen LogP contribution >= 0.6 is 0 Å². The Hall–Kier alpha value is -2.55. The van der Waals surface area contributed by atoms with E-state index in [2.05, 4.69) is 5.32 Å². The number of carboxylic acid groups (broad SMARTS) is 1. The number of aliphatic carboxylic acids is 1. The van der Waals surface area contributed by atoms with Crippen molar-refractivity contribution in [2.45, 2.75) is 19.4 Å². The molecule has 0 spiro atoms. The highest BCUT2D eigenvalue weighted by atomic mass is 16.5. The van der Waals surface area contributed by atoms with Gasteiger partial charge in [0.25, 0.3) is 5.91 Å². The van der Waals surface area contributed by atoms with Crippen LogP contribution in [0.5, 0.6) is 5.75 Å². The molecule has 19 heavy (non-hydrogen) atoms. The molecule has 0 bridgehead atoms. The molecule has 1 aromatic carbocycles. The number of hydrogen-bond donors (Lipinski definition) is 2. The van der Waals surface area contributed by atoms with Crippen molar-refractivity contribution in [3.05, 3.63) is 29.8 Å². The molecule has 2 N–H and O–H groups in total. The van der Waals surface area contributed by atoms with Gasteiger partial charge in [-0.3, -0.25) is 9.59 Å². The van der Waals surface area contributed by atoms with E-state index in [4.69, 9.17) is 15.1 Å². The van der Waals surface area contributed by atoms with Crippen molar-refractivity contribution >= 4 is 11.9 Å². The molecule has 100 valence electrons. The largest absolute Gasteiger partial charge is 0.482 e. The Morgan fingerprint density at radius 2 is 2.16 bits per heavy atom. The first-order chi connectivity index (χ1) is 9.02. The van der Waals surface area contributed by atoms with Gasteiger partial charge in [0.15, 0.2) is 6.61 Å². The number of carbonyl (C=O) groups is 2. The van der Waals surface area contributed by atoms with Crippen LogP contribution in [0.4, 0.5) is 0 Å². The average Bonchev–Trinajstić information content (AvgIpc) is 2.35. The maximum Gasteiger partial charge on any atom is 0.305 e. The lowest BCUT2D eigenvalue weighted by molar-refractivity contribution is -0.137. The molecule has 1 aromatic rings. The van der Waals surface area contributed by atoms with Crippen LogP contribution < -0.4 is 10.1 Å². The third-order valence-corrected chi connectivity index (χ3v) is 2.25. The highest BCUT2D eigenvalue weighted by molar-refractivity contribution is 5.78. The number of para-hydroxylation sites is 1. The second-order valence-corrected chi connectivity index (χ2v) is 3.96. The molecule has 6 nitrogen and oxygen atoms in total. The first-order valence-corrected chi connectivity index (χ1v) is 5.66. The van der Waals surface area contributed by atoms with Crippen molar-refractivity contribution in [2.75, 3.05) is 6.61 Å². The molecule has 0 fully saturated rings. The molecule has 0 aliphatic heterocycles. The second-order valence-electron chi connectivity index (χ2n) is 3.96. The van der Waals surface area contributed by atoms with Gasteiger partial charge in [0, 0.05) is 6.04 Å². The Morgan fingerprint density at radius 1 is 1.47 bits per heavy atom. The van der Waals surface area contributed by atoms with Crippen molar-refractivity contribution in [3.63, 3.8) is 0 Å². The summed E-state index contributed by atoms with van der Waals surface area (Å²) in [6.45, 7) is 1.33. The predicted molar refractivity (Wildman–Crippen MR) is 66.5 cm³/mol. The van der Waals surface area contributed by atoms with Gasteiger partial charge in [-0.15, -0.1) is 0 Å². The van der Waals surface area contributed by atoms with Crippen molar-refractivity contribution in [3.8, 4) is 11.8 Å². The van der Waals surface area contributed by atoms with E-state index in [9.17, 15) is 9.59 Å². The van der Waals surface area contributed by atoms with Gasteiger partial charge < -0.3 is 15.2 Å². The molecule has 0 saturated carbocycles. The molecule has 6 heteroatoms. The van der Waals surface area contributed by atoms with Gasteiger partial charge in [-0.1, -0.05) is 12.1 Å². The molecule has 1 unspecified atom stereocenters. The smallest absolute Gasteiger partial charge is 0.305 e. The second kappa shape index (κ2) is 7.01. The fourth-order valence-corrected chi connectivity index (χ4v) is 1.46. The lowest BCUT2D eigenvalue weighted by Crippen LogP contribution is -2.37. The molecule has 0 radical (unpaired) electrons. The number of rotatable bonds is 6. The van der Waals surface area contributed by atoms with Crippen LogP contribution in [0, 0.1) is 11.3 Å². The van der Waals surface area contributed by atoms with Crippen molar-refractivity contribution in [1.82, 2.24) is 5.32 Å². The predicted octanol–water partition coefficient (Wildman–Crippen LogP) is 0.916. The summed E-state index contributed by atoms with van der Waals surface area (Å²) in [5.41, 5.74) is 0.342. The van der Waals surface area contributed by atoms with Crippen LogP contribution in [0.3, 0.4) is 0 Å². The zero-order valence-electron chi connectivity index (χ0n) is 10.4. The Balaban J connectivity index is 2.46. The molecule has 0 heterocycles. The topological polar surface area (TPSA) is 99.4 Å². The van der Waals surface area contributed by atoms with Gasteiger partial charge in [0.1, 0.15) is 11.8 Å². The number of carboxylic acids is 1. The Morgan fingerprint density at radius 3 is 2.79 bits per heavy atom. The summed E-state index contributed by atoms with van der Waals surface area (Å²) in [6.07, 6.45) is -0.152. The number of nitriles is 1. The molecule has 1 amide bonds. The number of carbonyl (C=O) groups excluding carboxylic acids is 1. The molecular weight excluding hydrogens is 248 g/mol. The summed E-state index contributed by atoms with van der Waals surface area (Å²) in [5, 5.41) is 19.9. The van der Waals surface area contributed by atoms with Crippen LogP contribution in [0.2, 0.25) is 0 Å². The minimum atomic E-state index is -0.983. The normalized spacial score (nSPS) is 11.2. The zero-order valence-corrected chi connectivity index (χ0v) is 10.4. The van der Waals surface area contributed by atoms with E-state index < -0.39 is 17.9 Å². The van der Waals surface area contributed by atoms with E-state index in [0.717, 1.165) is 0 Å². The number of hydrogen-bond acceptors (Lipinski definition) is 4. The molecule has 0 aliphatic rings. The third-order valence-electron chi connectivity index (χ3n) is 2.25. The summed E-state index contributed by atoms with van der Waals surface area (Å²) in [6, 6.07) is 8.04. The van der Waals surface area contributed by atoms with Crippen LogP contribution in [-0.4, -0.2) is 29.6 Å². The summed E-state index contributed by atoms with van der Waals surface area (Å²) >= 11 is 0. The lowest BCUT2D eigenvalue weighted by Gasteiger charge is -2.12. The molecule has 1 atom stereocenters. The molecule has 0 saturated heterocycles. The number of nitrogens with one attached hydrogen (secondary N) is 1. The minimum absolute atomic E-state index is 0.152.